The van der Waals surface area contributed by atoms with Crippen molar-refractivity contribution < 1.29 is 0 Å². The summed E-state index contributed by atoms with van der Waals surface area (Å²) in [7, 11) is 4.53. The first-order valence-corrected chi connectivity index (χ1v) is 6.85. The molecule has 16 heavy (non-hydrogen) atoms. The predicted molar refractivity (Wildman–Crippen MR) is 68.7 cm³/mol. The molecule has 1 atom stereocenters. The summed E-state index contributed by atoms with van der Waals surface area (Å²) in [6.07, 6.45) is 5.86. The lowest BCUT2D eigenvalue weighted by molar-refractivity contribution is 0.144. The van der Waals surface area contributed by atoms with E-state index in [0.29, 0.717) is 6.04 Å². The molecule has 2 fully saturated rings. The van der Waals surface area contributed by atoms with Gasteiger partial charge in [-0.3, -0.25) is 4.90 Å². The summed E-state index contributed by atoms with van der Waals surface area (Å²) in [6, 6.07) is 0.708. The molecule has 1 N–H and O–H groups in total. The van der Waals surface area contributed by atoms with Crippen LogP contribution < -0.4 is 5.32 Å². The average molecular weight is 225 g/mol. The fourth-order valence-electron chi connectivity index (χ4n) is 2.70. The van der Waals surface area contributed by atoms with Crippen molar-refractivity contribution in [3.8, 4) is 0 Å². The second-order valence-electron chi connectivity index (χ2n) is 5.69. The Bertz CT molecular complexity index is 203. The Morgan fingerprint density at radius 1 is 1.38 bits per heavy atom. The van der Waals surface area contributed by atoms with Crippen LogP contribution in [0.1, 0.15) is 25.7 Å². The van der Waals surface area contributed by atoms with Crippen LogP contribution in [0.2, 0.25) is 0 Å². The van der Waals surface area contributed by atoms with Crippen molar-refractivity contribution in [3.05, 3.63) is 0 Å². The Balaban J connectivity index is 1.62. The van der Waals surface area contributed by atoms with Crippen molar-refractivity contribution >= 4 is 0 Å². The Kier molecular flexibility index (Phi) is 4.62. The monoisotopic (exact) mass is 225 g/mol. The third-order valence-electron chi connectivity index (χ3n) is 4.31. The summed E-state index contributed by atoms with van der Waals surface area (Å²) in [6.45, 7) is 6.01. The maximum Gasteiger partial charge on any atom is 0.0345 e. The number of piperazine rings is 1. The molecule has 1 aliphatic carbocycles. The first-order chi connectivity index (χ1) is 7.75. The van der Waals surface area contributed by atoms with Crippen molar-refractivity contribution in [3.63, 3.8) is 0 Å². The van der Waals surface area contributed by atoms with E-state index in [2.05, 4.69) is 29.2 Å². The third-order valence-corrected chi connectivity index (χ3v) is 4.31. The van der Waals surface area contributed by atoms with Crippen molar-refractivity contribution in [2.24, 2.45) is 5.92 Å². The first-order valence-electron chi connectivity index (χ1n) is 6.85. The van der Waals surface area contributed by atoms with Crippen LogP contribution >= 0.6 is 0 Å². The highest BCUT2D eigenvalue weighted by Gasteiger charge is 2.21. The molecule has 3 nitrogen and oxygen atoms in total. The zero-order valence-corrected chi connectivity index (χ0v) is 10.9. The van der Waals surface area contributed by atoms with Gasteiger partial charge < -0.3 is 10.2 Å². The summed E-state index contributed by atoms with van der Waals surface area (Å²) < 4.78 is 0. The minimum absolute atomic E-state index is 0.708. The third kappa shape index (κ3) is 3.44. The summed E-state index contributed by atoms with van der Waals surface area (Å²) in [4.78, 5) is 5.02. The smallest absolute Gasteiger partial charge is 0.0345 e. The Hall–Kier alpha value is -0.120. The molecule has 1 saturated carbocycles. The number of nitrogens with zero attached hydrogens (tertiary/aromatic N) is 2. The van der Waals surface area contributed by atoms with Crippen LogP contribution in [0.3, 0.4) is 0 Å². The van der Waals surface area contributed by atoms with E-state index in [-0.39, 0.29) is 0 Å². The van der Waals surface area contributed by atoms with Crippen molar-refractivity contribution in [1.29, 1.82) is 0 Å². The number of rotatable bonds is 5. The molecule has 1 aliphatic heterocycles. The average Bonchev–Trinajstić information content (AvgIpc) is 2.19. The van der Waals surface area contributed by atoms with Crippen LogP contribution in [-0.4, -0.2) is 62.7 Å². The summed E-state index contributed by atoms with van der Waals surface area (Å²) >= 11 is 0. The molecule has 3 heteroatoms. The van der Waals surface area contributed by atoms with Crippen molar-refractivity contribution in [2.75, 3.05) is 46.8 Å². The van der Waals surface area contributed by atoms with Crippen LogP contribution in [-0.2, 0) is 0 Å². The topological polar surface area (TPSA) is 18.5 Å². The largest absolute Gasteiger partial charge is 0.314 e. The number of likely N-dealkylation sites (N-methyl/N-ethyl adjacent to an activating group) is 2. The fourth-order valence-corrected chi connectivity index (χ4v) is 2.70. The second-order valence-corrected chi connectivity index (χ2v) is 5.69. The molecule has 0 aromatic heterocycles. The maximum atomic E-state index is 3.49. The molecule has 94 valence electrons. The van der Waals surface area contributed by atoms with E-state index in [1.54, 1.807) is 0 Å². The zero-order valence-electron chi connectivity index (χ0n) is 10.9. The van der Waals surface area contributed by atoms with Gasteiger partial charge >= 0.3 is 0 Å². The van der Waals surface area contributed by atoms with E-state index in [4.69, 9.17) is 0 Å². The molecule has 0 spiro atoms. The van der Waals surface area contributed by atoms with Gasteiger partial charge in [-0.15, -0.1) is 0 Å². The summed E-state index contributed by atoms with van der Waals surface area (Å²) in [5.41, 5.74) is 0. The molecule has 1 saturated heterocycles. The second kappa shape index (κ2) is 5.99. The highest BCUT2D eigenvalue weighted by molar-refractivity contribution is 4.80. The van der Waals surface area contributed by atoms with Crippen LogP contribution in [0.4, 0.5) is 0 Å². The Morgan fingerprint density at radius 2 is 2.19 bits per heavy atom. The van der Waals surface area contributed by atoms with Crippen LogP contribution in [0, 0.1) is 5.92 Å². The van der Waals surface area contributed by atoms with Crippen molar-refractivity contribution in [2.45, 2.75) is 31.7 Å². The van der Waals surface area contributed by atoms with Crippen LogP contribution in [0.25, 0.3) is 0 Å². The molecular formula is C13H27N3. The van der Waals surface area contributed by atoms with E-state index in [0.717, 1.165) is 19.0 Å². The van der Waals surface area contributed by atoms with E-state index in [1.807, 2.05) is 0 Å². The van der Waals surface area contributed by atoms with E-state index in [9.17, 15) is 0 Å². The lowest BCUT2D eigenvalue weighted by Crippen LogP contribution is -2.53. The van der Waals surface area contributed by atoms with Gasteiger partial charge in [0.05, 0.1) is 0 Å². The minimum Gasteiger partial charge on any atom is -0.314 e. The standard InChI is InChI=1S/C13H27N3/c1-15(8-6-12-4-3-5-12)11-13-10-14-7-9-16(13)2/h12-14H,3-11H2,1-2H3. The molecule has 1 heterocycles. The van der Waals surface area contributed by atoms with Gasteiger partial charge in [-0.05, 0) is 33.0 Å². The molecule has 2 rings (SSSR count). The molecule has 0 amide bonds. The highest BCUT2D eigenvalue weighted by Crippen LogP contribution is 2.29. The number of nitrogens with one attached hydrogen (secondary N) is 1. The molecular weight excluding hydrogens is 198 g/mol. The van der Waals surface area contributed by atoms with Crippen molar-refractivity contribution in [1.82, 2.24) is 15.1 Å². The highest BCUT2D eigenvalue weighted by atomic mass is 15.2. The normalized spacial score (nSPS) is 28.3. The lowest BCUT2D eigenvalue weighted by atomic mass is 9.83. The first kappa shape index (κ1) is 12.3. The van der Waals surface area contributed by atoms with E-state index >= 15 is 0 Å². The van der Waals surface area contributed by atoms with Crippen LogP contribution in [0.15, 0.2) is 0 Å². The molecule has 0 radical (unpaired) electrons. The predicted octanol–water partition coefficient (Wildman–Crippen LogP) is 1.01. The number of hydrogen-bond donors (Lipinski definition) is 1. The minimum atomic E-state index is 0.708. The van der Waals surface area contributed by atoms with Gasteiger partial charge in [0.1, 0.15) is 0 Å². The molecule has 2 aliphatic rings. The molecule has 0 bridgehead atoms. The van der Waals surface area contributed by atoms with Gasteiger partial charge in [-0.2, -0.15) is 0 Å². The zero-order chi connectivity index (χ0) is 11.4. The van der Waals surface area contributed by atoms with Crippen LogP contribution in [0.5, 0.6) is 0 Å². The number of hydrogen-bond acceptors (Lipinski definition) is 3. The Morgan fingerprint density at radius 3 is 2.81 bits per heavy atom. The fraction of sp³-hybridized carbons (Fsp3) is 1.00. The van der Waals surface area contributed by atoms with E-state index < -0.39 is 0 Å². The van der Waals surface area contributed by atoms with Gasteiger partial charge in [0, 0.05) is 32.2 Å². The lowest BCUT2D eigenvalue weighted by Gasteiger charge is -2.36. The molecule has 1 unspecified atom stereocenters. The van der Waals surface area contributed by atoms with Gasteiger partial charge in [0.25, 0.3) is 0 Å². The van der Waals surface area contributed by atoms with Gasteiger partial charge in [0.15, 0.2) is 0 Å². The SMILES string of the molecule is CN(CCC1CCC1)CC1CNCCN1C. The maximum absolute atomic E-state index is 3.49. The molecule has 0 aromatic carbocycles. The van der Waals surface area contributed by atoms with Gasteiger partial charge in [0.2, 0.25) is 0 Å². The molecule has 0 aromatic rings. The summed E-state index contributed by atoms with van der Waals surface area (Å²) in [5.74, 6) is 1.05. The quantitative estimate of drug-likeness (QED) is 0.753. The van der Waals surface area contributed by atoms with Gasteiger partial charge in [-0.25, -0.2) is 0 Å². The van der Waals surface area contributed by atoms with Gasteiger partial charge in [-0.1, -0.05) is 19.3 Å². The summed E-state index contributed by atoms with van der Waals surface area (Å²) in [5, 5.41) is 3.49. The Labute approximate surface area is 100 Å². The van der Waals surface area contributed by atoms with E-state index in [1.165, 1.54) is 45.3 Å².